The number of halogens is 5. The molecule has 3 rings (SSSR count). The Kier molecular flexibility index (Phi) is 4.07. The summed E-state index contributed by atoms with van der Waals surface area (Å²) in [7, 11) is -5.07. The van der Waals surface area contributed by atoms with E-state index in [2.05, 4.69) is 4.98 Å². The van der Waals surface area contributed by atoms with Gasteiger partial charge < -0.3 is 0 Å². The second-order valence-corrected chi connectivity index (χ2v) is 6.53. The zero-order chi connectivity index (χ0) is 18.4. The van der Waals surface area contributed by atoms with Crippen LogP contribution in [0.3, 0.4) is 0 Å². The molecule has 0 atom stereocenters. The monoisotopic (exact) mass is 374 g/mol. The lowest BCUT2D eigenvalue weighted by atomic mass is 10.2. The fourth-order valence-corrected chi connectivity index (χ4v) is 3.36. The molecular formula is C15H7F5N2O2S. The Hall–Kier alpha value is -2.75. The van der Waals surface area contributed by atoms with Crippen molar-refractivity contribution in [1.29, 1.82) is 0 Å². The first-order valence-electron chi connectivity index (χ1n) is 6.61. The summed E-state index contributed by atoms with van der Waals surface area (Å²) >= 11 is 0. The number of aromatic nitrogens is 1. The molecule has 1 N–H and O–H groups in total. The minimum Gasteiger partial charge on any atom is -0.279 e. The highest BCUT2D eigenvalue weighted by Crippen LogP contribution is 2.28. The van der Waals surface area contributed by atoms with E-state index in [9.17, 15) is 30.4 Å². The molecular weight excluding hydrogens is 367 g/mol. The molecule has 0 aliphatic heterocycles. The van der Waals surface area contributed by atoms with Crippen molar-refractivity contribution in [2.75, 3.05) is 4.72 Å². The van der Waals surface area contributed by atoms with E-state index < -0.39 is 44.0 Å². The van der Waals surface area contributed by atoms with Gasteiger partial charge >= 0.3 is 0 Å². The number of rotatable bonds is 3. The summed E-state index contributed by atoms with van der Waals surface area (Å²) in [6, 6.07) is 7.12. The lowest BCUT2D eigenvalue weighted by Crippen LogP contribution is -2.19. The van der Waals surface area contributed by atoms with Crippen LogP contribution in [0.25, 0.3) is 10.9 Å². The maximum atomic E-state index is 13.7. The molecule has 0 radical (unpaired) electrons. The largest absolute Gasteiger partial charge is 0.279 e. The Morgan fingerprint density at radius 2 is 1.44 bits per heavy atom. The van der Waals surface area contributed by atoms with E-state index in [0.717, 1.165) is 0 Å². The van der Waals surface area contributed by atoms with Gasteiger partial charge in [-0.05, 0) is 24.3 Å². The first-order chi connectivity index (χ1) is 11.7. The fourth-order valence-electron chi connectivity index (χ4n) is 2.17. The van der Waals surface area contributed by atoms with Gasteiger partial charge in [-0.3, -0.25) is 9.71 Å². The van der Waals surface area contributed by atoms with E-state index in [1.807, 2.05) is 0 Å². The van der Waals surface area contributed by atoms with E-state index in [1.54, 1.807) is 16.9 Å². The predicted molar refractivity (Wildman–Crippen MR) is 78.8 cm³/mol. The lowest BCUT2D eigenvalue weighted by Gasteiger charge is -2.11. The van der Waals surface area contributed by atoms with Crippen LogP contribution in [0, 0.1) is 29.1 Å². The molecule has 0 bridgehead atoms. The number of hydrogen-bond acceptors (Lipinski definition) is 3. The fraction of sp³-hybridized carbons (Fsp3) is 0. The van der Waals surface area contributed by atoms with E-state index in [-0.39, 0.29) is 5.69 Å². The van der Waals surface area contributed by atoms with Crippen LogP contribution in [0.4, 0.5) is 27.6 Å². The maximum absolute atomic E-state index is 13.7. The van der Waals surface area contributed by atoms with Crippen molar-refractivity contribution in [2.45, 2.75) is 4.90 Å². The number of fused-ring (bicyclic) bond motifs is 1. The van der Waals surface area contributed by atoms with Crippen LogP contribution in [0.5, 0.6) is 0 Å². The molecule has 0 spiro atoms. The average molecular weight is 374 g/mol. The summed E-state index contributed by atoms with van der Waals surface area (Å²) in [5.41, 5.74) is 0.381. The van der Waals surface area contributed by atoms with Crippen LogP contribution in [0.2, 0.25) is 0 Å². The molecule has 0 aliphatic carbocycles. The van der Waals surface area contributed by atoms with E-state index >= 15 is 0 Å². The SMILES string of the molecule is O=S(=O)(Nc1ccc2ncccc2c1)c1c(F)c(F)c(F)c(F)c1F. The van der Waals surface area contributed by atoms with Gasteiger partial charge in [0.05, 0.1) is 5.52 Å². The van der Waals surface area contributed by atoms with Gasteiger partial charge in [-0.1, -0.05) is 6.07 Å². The molecule has 0 unspecified atom stereocenters. The standard InChI is InChI=1S/C15H7F5N2O2S/c16-10-11(17)13(19)15(14(20)12(10)18)25(23,24)22-8-3-4-9-7(6-8)2-1-5-21-9/h1-6,22H. The van der Waals surface area contributed by atoms with Crippen molar-refractivity contribution >= 4 is 26.6 Å². The number of anilines is 1. The molecule has 1 aromatic heterocycles. The minimum absolute atomic E-state index is 0.135. The van der Waals surface area contributed by atoms with Crippen molar-refractivity contribution in [3.63, 3.8) is 0 Å². The smallest absolute Gasteiger partial charge is 0.267 e. The molecule has 0 amide bonds. The molecule has 130 valence electrons. The zero-order valence-corrected chi connectivity index (χ0v) is 12.8. The summed E-state index contributed by atoms with van der Waals surface area (Å²) in [6.07, 6.45) is 1.50. The molecule has 25 heavy (non-hydrogen) atoms. The maximum Gasteiger partial charge on any atom is 0.267 e. The summed E-state index contributed by atoms with van der Waals surface area (Å²) in [4.78, 5) is 2.05. The first kappa shape index (κ1) is 17.1. The summed E-state index contributed by atoms with van der Waals surface area (Å²) in [6.45, 7) is 0. The van der Waals surface area contributed by atoms with Gasteiger partial charge in [-0.25, -0.2) is 30.4 Å². The second-order valence-electron chi connectivity index (χ2n) is 4.92. The molecule has 0 aliphatic rings. The van der Waals surface area contributed by atoms with Crippen molar-refractivity contribution in [1.82, 2.24) is 4.98 Å². The highest BCUT2D eigenvalue weighted by Gasteiger charge is 2.33. The van der Waals surface area contributed by atoms with Crippen LogP contribution >= 0.6 is 0 Å². The summed E-state index contributed by atoms with van der Waals surface area (Å²) in [5.74, 6) is -12.0. The molecule has 1 heterocycles. The Morgan fingerprint density at radius 1 is 0.840 bits per heavy atom. The number of pyridine rings is 1. The van der Waals surface area contributed by atoms with Crippen LogP contribution < -0.4 is 4.72 Å². The zero-order valence-electron chi connectivity index (χ0n) is 12.0. The number of nitrogens with zero attached hydrogens (tertiary/aromatic N) is 1. The van der Waals surface area contributed by atoms with Crippen LogP contribution in [0.15, 0.2) is 41.4 Å². The quantitative estimate of drug-likeness (QED) is 0.432. The third-order valence-corrected chi connectivity index (χ3v) is 4.69. The predicted octanol–water partition coefficient (Wildman–Crippen LogP) is 3.73. The molecule has 0 saturated heterocycles. The topological polar surface area (TPSA) is 59.1 Å². The average Bonchev–Trinajstić information content (AvgIpc) is 2.57. The van der Waals surface area contributed by atoms with E-state index in [0.29, 0.717) is 10.9 Å². The Bertz CT molecular complexity index is 1070. The Morgan fingerprint density at radius 3 is 2.08 bits per heavy atom. The van der Waals surface area contributed by atoms with Crippen molar-refractivity contribution in [3.8, 4) is 0 Å². The number of benzene rings is 2. The number of nitrogens with one attached hydrogen (secondary N) is 1. The van der Waals surface area contributed by atoms with Gasteiger partial charge in [-0.15, -0.1) is 0 Å². The molecule has 0 fully saturated rings. The minimum atomic E-state index is -5.07. The van der Waals surface area contributed by atoms with Crippen LogP contribution in [-0.2, 0) is 10.0 Å². The lowest BCUT2D eigenvalue weighted by molar-refractivity contribution is 0.358. The van der Waals surface area contributed by atoms with Gasteiger partial charge in [0.2, 0.25) is 5.82 Å². The van der Waals surface area contributed by atoms with Gasteiger partial charge in [-0.2, -0.15) is 0 Å². The number of hydrogen-bond donors (Lipinski definition) is 1. The van der Waals surface area contributed by atoms with Crippen molar-refractivity contribution in [2.24, 2.45) is 0 Å². The third-order valence-electron chi connectivity index (χ3n) is 3.29. The second kappa shape index (κ2) is 5.96. The number of sulfonamides is 1. The Labute approximate surface area is 138 Å². The molecule has 4 nitrogen and oxygen atoms in total. The van der Waals surface area contributed by atoms with Crippen LogP contribution in [-0.4, -0.2) is 13.4 Å². The Balaban J connectivity index is 2.11. The van der Waals surface area contributed by atoms with Crippen LogP contribution in [0.1, 0.15) is 0 Å². The van der Waals surface area contributed by atoms with Gasteiger partial charge in [0, 0.05) is 17.3 Å². The summed E-state index contributed by atoms with van der Waals surface area (Å²) in [5, 5.41) is 0.500. The van der Waals surface area contributed by atoms with Crippen molar-refractivity contribution < 1.29 is 30.4 Å². The van der Waals surface area contributed by atoms with Gasteiger partial charge in [0.1, 0.15) is 0 Å². The molecule has 3 aromatic rings. The molecule has 2 aromatic carbocycles. The van der Waals surface area contributed by atoms with E-state index in [1.165, 1.54) is 24.4 Å². The highest BCUT2D eigenvalue weighted by atomic mass is 32.2. The third kappa shape index (κ3) is 2.88. The van der Waals surface area contributed by atoms with Gasteiger partial charge in [0.15, 0.2) is 28.2 Å². The first-order valence-corrected chi connectivity index (χ1v) is 8.09. The molecule has 10 heteroatoms. The van der Waals surface area contributed by atoms with Crippen molar-refractivity contribution in [3.05, 3.63) is 65.6 Å². The van der Waals surface area contributed by atoms with Gasteiger partial charge in [0.25, 0.3) is 10.0 Å². The summed E-state index contributed by atoms with van der Waals surface area (Å²) < 4.78 is 92.9. The highest BCUT2D eigenvalue weighted by molar-refractivity contribution is 7.92. The normalized spacial score (nSPS) is 11.7. The van der Waals surface area contributed by atoms with E-state index in [4.69, 9.17) is 0 Å². The molecule has 0 saturated carbocycles.